The Balaban J connectivity index is 1.84. The average molecular weight is 224 g/mol. The summed E-state index contributed by atoms with van der Waals surface area (Å²) in [6.07, 6.45) is 4.37. The second-order valence-corrected chi connectivity index (χ2v) is 4.67. The molecule has 0 radical (unpaired) electrons. The molecule has 1 saturated heterocycles. The van der Waals surface area contributed by atoms with Crippen LogP contribution in [0.3, 0.4) is 0 Å². The van der Waals surface area contributed by atoms with Gasteiger partial charge >= 0.3 is 0 Å². The van der Waals surface area contributed by atoms with E-state index in [1.807, 2.05) is 4.57 Å². The largest absolute Gasteiger partial charge is 0.388 e. The van der Waals surface area contributed by atoms with E-state index < -0.39 is 0 Å². The van der Waals surface area contributed by atoms with Crippen molar-refractivity contribution in [2.45, 2.75) is 32.9 Å². The van der Waals surface area contributed by atoms with Crippen LogP contribution in [0.1, 0.15) is 25.6 Å². The van der Waals surface area contributed by atoms with Crippen molar-refractivity contribution in [2.24, 2.45) is 5.92 Å². The van der Waals surface area contributed by atoms with Gasteiger partial charge in [0, 0.05) is 13.1 Å². The highest BCUT2D eigenvalue weighted by Gasteiger charge is 2.15. The van der Waals surface area contributed by atoms with Crippen molar-refractivity contribution in [3.63, 3.8) is 0 Å². The first kappa shape index (κ1) is 11.5. The number of hydrogen-bond donors (Lipinski definition) is 1. The quantitative estimate of drug-likeness (QED) is 0.791. The third-order valence-electron chi connectivity index (χ3n) is 3.11. The monoisotopic (exact) mass is 224 g/mol. The van der Waals surface area contributed by atoms with Crippen molar-refractivity contribution in [2.75, 3.05) is 19.6 Å². The topological polar surface area (TPSA) is 54.2 Å². The van der Waals surface area contributed by atoms with Gasteiger partial charge in [0.25, 0.3) is 0 Å². The molecule has 1 aromatic heterocycles. The standard InChI is InChI=1S/C11H20N4O/c1-10(6-14-4-2-3-5-14)7-15-9-12-13-11(15)8-16/h9-10,16H,2-8H2,1H3. The number of aliphatic hydroxyl groups is 1. The third-order valence-corrected chi connectivity index (χ3v) is 3.11. The van der Waals surface area contributed by atoms with E-state index in [-0.39, 0.29) is 6.61 Å². The van der Waals surface area contributed by atoms with Gasteiger partial charge in [0.2, 0.25) is 0 Å². The highest BCUT2D eigenvalue weighted by molar-refractivity contribution is 4.83. The summed E-state index contributed by atoms with van der Waals surface area (Å²) in [5.41, 5.74) is 0. The molecule has 0 bridgehead atoms. The van der Waals surface area contributed by atoms with Crippen LogP contribution in [0.15, 0.2) is 6.33 Å². The molecule has 1 atom stereocenters. The minimum atomic E-state index is -0.0313. The highest BCUT2D eigenvalue weighted by Crippen LogP contribution is 2.12. The van der Waals surface area contributed by atoms with Crippen LogP contribution >= 0.6 is 0 Å². The maximum atomic E-state index is 9.07. The molecule has 16 heavy (non-hydrogen) atoms. The summed E-state index contributed by atoms with van der Waals surface area (Å²) >= 11 is 0. The van der Waals surface area contributed by atoms with Gasteiger partial charge in [0.1, 0.15) is 12.9 Å². The number of aromatic nitrogens is 3. The van der Waals surface area contributed by atoms with Gasteiger partial charge in [0.05, 0.1) is 0 Å². The van der Waals surface area contributed by atoms with Gasteiger partial charge in [-0.25, -0.2) is 0 Å². The van der Waals surface area contributed by atoms with E-state index in [0.29, 0.717) is 11.7 Å². The Morgan fingerprint density at radius 2 is 2.12 bits per heavy atom. The van der Waals surface area contributed by atoms with Crippen LogP contribution in [-0.2, 0) is 13.2 Å². The SMILES string of the molecule is CC(CN1CCCC1)Cn1cnnc1CO. The number of hydrogen-bond acceptors (Lipinski definition) is 4. The second kappa shape index (κ2) is 5.41. The van der Waals surface area contributed by atoms with E-state index in [1.165, 1.54) is 25.9 Å². The van der Waals surface area contributed by atoms with Crippen LogP contribution in [0.5, 0.6) is 0 Å². The van der Waals surface area contributed by atoms with Gasteiger partial charge in [-0.3, -0.25) is 0 Å². The molecule has 2 rings (SSSR count). The molecule has 5 heteroatoms. The number of aliphatic hydroxyl groups excluding tert-OH is 1. The van der Waals surface area contributed by atoms with Gasteiger partial charge in [-0.2, -0.15) is 0 Å². The summed E-state index contributed by atoms with van der Waals surface area (Å²) in [4.78, 5) is 2.51. The van der Waals surface area contributed by atoms with E-state index in [1.54, 1.807) is 6.33 Å². The molecule has 90 valence electrons. The van der Waals surface area contributed by atoms with Crippen LogP contribution in [0, 0.1) is 5.92 Å². The van der Waals surface area contributed by atoms with E-state index >= 15 is 0 Å². The lowest BCUT2D eigenvalue weighted by Gasteiger charge is -2.20. The van der Waals surface area contributed by atoms with Crippen molar-refractivity contribution < 1.29 is 5.11 Å². The highest BCUT2D eigenvalue weighted by atomic mass is 16.3. The fourth-order valence-electron chi connectivity index (χ4n) is 2.35. The third kappa shape index (κ3) is 2.80. The number of rotatable bonds is 5. The zero-order valence-corrected chi connectivity index (χ0v) is 9.84. The van der Waals surface area contributed by atoms with E-state index in [0.717, 1.165) is 13.1 Å². The molecule has 0 amide bonds. The van der Waals surface area contributed by atoms with Crippen LogP contribution < -0.4 is 0 Å². The first-order chi connectivity index (χ1) is 7.79. The number of nitrogens with zero attached hydrogens (tertiary/aromatic N) is 4. The normalized spacial score (nSPS) is 19.1. The van der Waals surface area contributed by atoms with Crippen molar-refractivity contribution in [1.82, 2.24) is 19.7 Å². The average Bonchev–Trinajstić information content (AvgIpc) is 2.88. The molecule has 1 aliphatic rings. The van der Waals surface area contributed by atoms with Crippen LogP contribution in [0.4, 0.5) is 0 Å². The van der Waals surface area contributed by atoms with Crippen LogP contribution in [0.2, 0.25) is 0 Å². The molecular formula is C11H20N4O. The molecule has 1 fully saturated rings. The molecule has 0 saturated carbocycles. The summed E-state index contributed by atoms with van der Waals surface area (Å²) in [6.45, 7) is 6.69. The Bertz CT molecular complexity index is 320. The van der Waals surface area contributed by atoms with E-state index in [2.05, 4.69) is 22.0 Å². The molecule has 1 N–H and O–H groups in total. The van der Waals surface area contributed by atoms with E-state index in [9.17, 15) is 0 Å². The predicted octanol–water partition coefficient (Wildman–Crippen LogP) is 0.502. The van der Waals surface area contributed by atoms with Crippen molar-refractivity contribution in [1.29, 1.82) is 0 Å². The molecular weight excluding hydrogens is 204 g/mol. The van der Waals surface area contributed by atoms with Gasteiger partial charge in [0.15, 0.2) is 5.82 Å². The summed E-state index contributed by atoms with van der Waals surface area (Å²) in [6, 6.07) is 0. The van der Waals surface area contributed by atoms with E-state index in [4.69, 9.17) is 5.11 Å². The summed E-state index contributed by atoms with van der Waals surface area (Å²) < 4.78 is 1.95. The predicted molar refractivity (Wildman–Crippen MR) is 60.8 cm³/mol. The molecule has 1 aromatic rings. The minimum Gasteiger partial charge on any atom is -0.388 e. The summed E-state index contributed by atoms with van der Waals surface area (Å²) in [7, 11) is 0. The maximum Gasteiger partial charge on any atom is 0.158 e. The molecule has 5 nitrogen and oxygen atoms in total. The Hall–Kier alpha value is -0.940. The molecule has 0 aliphatic carbocycles. The minimum absolute atomic E-state index is 0.0313. The van der Waals surface area contributed by atoms with Crippen LogP contribution in [-0.4, -0.2) is 44.4 Å². The lowest BCUT2D eigenvalue weighted by atomic mass is 10.1. The molecule has 0 aromatic carbocycles. The fraction of sp³-hybridized carbons (Fsp3) is 0.818. The maximum absolute atomic E-state index is 9.07. The van der Waals surface area contributed by atoms with Crippen LogP contribution in [0.25, 0.3) is 0 Å². The lowest BCUT2D eigenvalue weighted by molar-refractivity contribution is 0.247. The number of likely N-dealkylation sites (tertiary alicyclic amines) is 1. The first-order valence-corrected chi connectivity index (χ1v) is 5.99. The smallest absolute Gasteiger partial charge is 0.158 e. The summed E-state index contributed by atoms with van der Waals surface area (Å²) in [5, 5.41) is 16.8. The molecule has 2 heterocycles. The Morgan fingerprint density at radius 1 is 1.38 bits per heavy atom. The van der Waals surface area contributed by atoms with Gasteiger partial charge in [-0.15, -0.1) is 10.2 Å². The fourth-order valence-corrected chi connectivity index (χ4v) is 2.35. The Morgan fingerprint density at radius 3 is 2.81 bits per heavy atom. The van der Waals surface area contributed by atoms with Gasteiger partial charge in [-0.1, -0.05) is 6.92 Å². The second-order valence-electron chi connectivity index (χ2n) is 4.67. The van der Waals surface area contributed by atoms with Crippen molar-refractivity contribution in [3.05, 3.63) is 12.2 Å². The zero-order chi connectivity index (χ0) is 11.4. The molecule has 1 unspecified atom stereocenters. The zero-order valence-electron chi connectivity index (χ0n) is 9.84. The van der Waals surface area contributed by atoms with Crippen molar-refractivity contribution >= 4 is 0 Å². The Kier molecular flexibility index (Phi) is 3.90. The molecule has 0 spiro atoms. The van der Waals surface area contributed by atoms with Gasteiger partial charge in [-0.05, 0) is 31.8 Å². The molecule has 1 aliphatic heterocycles. The lowest BCUT2D eigenvalue weighted by Crippen LogP contribution is -2.27. The van der Waals surface area contributed by atoms with Crippen molar-refractivity contribution in [3.8, 4) is 0 Å². The Labute approximate surface area is 96.1 Å². The summed E-state index contributed by atoms with van der Waals surface area (Å²) in [5.74, 6) is 1.23. The van der Waals surface area contributed by atoms with Gasteiger partial charge < -0.3 is 14.6 Å². The first-order valence-electron chi connectivity index (χ1n) is 5.99.